The summed E-state index contributed by atoms with van der Waals surface area (Å²) in [6.07, 6.45) is 2.34. The van der Waals surface area contributed by atoms with Gasteiger partial charge in [0.1, 0.15) is 5.82 Å². The normalized spacial score (nSPS) is 19.2. The standard InChI is InChI=1S/C22H30N6O2/c1-17-14-21(24-22(23-17)19-4-3-5-20(15-19)28(29)30)27-8-6-18(7-9-27)16-26-12-10-25(2)11-13-26/h3-5,14-15,18H,6-13,16H2,1-2H3. The number of nitro benzene ring substituents is 1. The van der Waals surface area contributed by atoms with Crippen molar-refractivity contribution in [1.29, 1.82) is 0 Å². The summed E-state index contributed by atoms with van der Waals surface area (Å²) in [4.78, 5) is 27.3. The monoisotopic (exact) mass is 410 g/mol. The number of aryl methyl sites for hydroxylation is 1. The van der Waals surface area contributed by atoms with E-state index in [4.69, 9.17) is 4.98 Å². The number of likely N-dealkylation sites (N-methyl/N-ethyl adjacent to an activating group) is 1. The van der Waals surface area contributed by atoms with Crippen LogP contribution in [0.4, 0.5) is 11.5 Å². The molecule has 0 N–H and O–H groups in total. The Bertz CT molecular complexity index is 889. The minimum absolute atomic E-state index is 0.0591. The van der Waals surface area contributed by atoms with Crippen molar-refractivity contribution in [3.05, 3.63) is 46.1 Å². The first-order valence-corrected chi connectivity index (χ1v) is 10.7. The van der Waals surface area contributed by atoms with E-state index in [0.717, 1.165) is 30.5 Å². The van der Waals surface area contributed by atoms with Crippen molar-refractivity contribution in [3.63, 3.8) is 0 Å². The summed E-state index contributed by atoms with van der Waals surface area (Å²) >= 11 is 0. The van der Waals surface area contributed by atoms with Gasteiger partial charge >= 0.3 is 0 Å². The molecular formula is C22H30N6O2. The summed E-state index contributed by atoms with van der Waals surface area (Å²) in [6.45, 7) is 9.81. The highest BCUT2D eigenvalue weighted by Crippen LogP contribution is 2.27. The molecule has 2 aromatic rings. The van der Waals surface area contributed by atoms with Crippen LogP contribution in [0.5, 0.6) is 0 Å². The third-order valence-electron chi connectivity index (χ3n) is 6.21. The lowest BCUT2D eigenvalue weighted by atomic mass is 9.96. The van der Waals surface area contributed by atoms with E-state index in [-0.39, 0.29) is 10.6 Å². The highest BCUT2D eigenvalue weighted by Gasteiger charge is 2.24. The van der Waals surface area contributed by atoms with Crippen LogP contribution in [-0.4, -0.2) is 77.6 Å². The summed E-state index contributed by atoms with van der Waals surface area (Å²) in [6, 6.07) is 8.56. The Morgan fingerprint density at radius 1 is 1.07 bits per heavy atom. The second-order valence-electron chi connectivity index (χ2n) is 8.53. The van der Waals surface area contributed by atoms with Crippen molar-refractivity contribution < 1.29 is 4.92 Å². The lowest BCUT2D eigenvalue weighted by molar-refractivity contribution is -0.384. The van der Waals surface area contributed by atoms with Crippen LogP contribution in [0.25, 0.3) is 11.4 Å². The maximum absolute atomic E-state index is 11.1. The molecule has 4 rings (SSSR count). The Balaban J connectivity index is 1.41. The number of anilines is 1. The fourth-order valence-corrected chi connectivity index (χ4v) is 4.34. The average Bonchev–Trinajstić information content (AvgIpc) is 2.75. The molecule has 0 spiro atoms. The number of piperidine rings is 1. The molecule has 0 saturated carbocycles. The number of hydrogen-bond acceptors (Lipinski definition) is 7. The van der Waals surface area contributed by atoms with Gasteiger partial charge in [-0.25, -0.2) is 9.97 Å². The molecule has 0 amide bonds. The van der Waals surface area contributed by atoms with Gasteiger partial charge in [0.25, 0.3) is 5.69 Å². The molecule has 0 aliphatic carbocycles. The van der Waals surface area contributed by atoms with Gasteiger partial charge in [-0.15, -0.1) is 0 Å². The zero-order chi connectivity index (χ0) is 21.1. The smallest absolute Gasteiger partial charge is 0.270 e. The molecule has 2 fully saturated rings. The number of nitro groups is 1. The average molecular weight is 411 g/mol. The summed E-state index contributed by atoms with van der Waals surface area (Å²) in [7, 11) is 2.20. The summed E-state index contributed by atoms with van der Waals surface area (Å²) < 4.78 is 0. The largest absolute Gasteiger partial charge is 0.356 e. The molecule has 0 bridgehead atoms. The first-order valence-electron chi connectivity index (χ1n) is 10.7. The van der Waals surface area contributed by atoms with Crippen molar-refractivity contribution in [2.24, 2.45) is 5.92 Å². The molecule has 8 nitrogen and oxygen atoms in total. The summed E-state index contributed by atoms with van der Waals surface area (Å²) in [5.74, 6) is 2.21. The maximum atomic E-state index is 11.1. The van der Waals surface area contributed by atoms with Crippen LogP contribution in [0.2, 0.25) is 0 Å². The Labute approximate surface area is 177 Å². The predicted octanol–water partition coefficient (Wildman–Crippen LogP) is 2.82. The van der Waals surface area contributed by atoms with E-state index in [0.29, 0.717) is 11.4 Å². The van der Waals surface area contributed by atoms with Crippen molar-refractivity contribution in [2.75, 3.05) is 57.8 Å². The van der Waals surface area contributed by atoms with Gasteiger partial charge in [-0.2, -0.15) is 0 Å². The Morgan fingerprint density at radius 2 is 1.80 bits per heavy atom. The third kappa shape index (κ3) is 4.94. The van der Waals surface area contributed by atoms with Gasteiger partial charge in [0, 0.05) is 75.3 Å². The zero-order valence-electron chi connectivity index (χ0n) is 17.8. The molecule has 0 radical (unpaired) electrons. The van der Waals surface area contributed by atoms with E-state index in [1.54, 1.807) is 12.1 Å². The number of rotatable bonds is 5. The molecule has 2 aliphatic rings. The number of nitrogens with zero attached hydrogens (tertiary/aromatic N) is 6. The summed E-state index contributed by atoms with van der Waals surface area (Å²) in [5, 5.41) is 11.1. The quantitative estimate of drug-likeness (QED) is 0.554. The molecule has 2 aliphatic heterocycles. The predicted molar refractivity (Wildman–Crippen MR) is 118 cm³/mol. The van der Waals surface area contributed by atoms with E-state index in [9.17, 15) is 10.1 Å². The Kier molecular flexibility index (Phi) is 6.24. The van der Waals surface area contributed by atoms with Crippen LogP contribution in [-0.2, 0) is 0 Å². The maximum Gasteiger partial charge on any atom is 0.270 e. The molecule has 30 heavy (non-hydrogen) atoms. The third-order valence-corrected chi connectivity index (χ3v) is 6.21. The minimum atomic E-state index is -0.384. The molecule has 160 valence electrons. The molecule has 2 saturated heterocycles. The number of benzene rings is 1. The zero-order valence-corrected chi connectivity index (χ0v) is 17.8. The fraction of sp³-hybridized carbons (Fsp3) is 0.545. The Hall–Kier alpha value is -2.58. The van der Waals surface area contributed by atoms with E-state index in [1.165, 1.54) is 51.6 Å². The molecule has 0 unspecified atom stereocenters. The van der Waals surface area contributed by atoms with E-state index >= 15 is 0 Å². The molecule has 0 atom stereocenters. The van der Waals surface area contributed by atoms with Gasteiger partial charge < -0.3 is 14.7 Å². The van der Waals surface area contributed by atoms with Gasteiger partial charge in [-0.3, -0.25) is 10.1 Å². The van der Waals surface area contributed by atoms with Crippen molar-refractivity contribution in [1.82, 2.24) is 19.8 Å². The fourth-order valence-electron chi connectivity index (χ4n) is 4.34. The topological polar surface area (TPSA) is 78.6 Å². The van der Waals surface area contributed by atoms with Crippen LogP contribution >= 0.6 is 0 Å². The number of piperazine rings is 1. The van der Waals surface area contributed by atoms with Crippen LogP contribution in [0.1, 0.15) is 18.5 Å². The number of aromatic nitrogens is 2. The van der Waals surface area contributed by atoms with Gasteiger partial charge in [-0.1, -0.05) is 12.1 Å². The lowest BCUT2D eigenvalue weighted by Gasteiger charge is -2.38. The van der Waals surface area contributed by atoms with E-state index in [1.807, 2.05) is 19.1 Å². The first-order chi connectivity index (χ1) is 14.5. The molecule has 3 heterocycles. The number of non-ortho nitro benzene ring substituents is 1. The van der Waals surface area contributed by atoms with Crippen LogP contribution in [0.15, 0.2) is 30.3 Å². The molecular weight excluding hydrogens is 380 g/mol. The van der Waals surface area contributed by atoms with Gasteiger partial charge in [-0.05, 0) is 32.7 Å². The minimum Gasteiger partial charge on any atom is -0.356 e. The van der Waals surface area contributed by atoms with Crippen LogP contribution in [0.3, 0.4) is 0 Å². The van der Waals surface area contributed by atoms with Crippen LogP contribution in [0, 0.1) is 23.0 Å². The second kappa shape index (κ2) is 9.06. The van der Waals surface area contributed by atoms with Gasteiger partial charge in [0.05, 0.1) is 4.92 Å². The van der Waals surface area contributed by atoms with Crippen LogP contribution < -0.4 is 4.90 Å². The summed E-state index contributed by atoms with van der Waals surface area (Å²) in [5.41, 5.74) is 1.61. The van der Waals surface area contributed by atoms with Crippen molar-refractivity contribution >= 4 is 11.5 Å². The van der Waals surface area contributed by atoms with E-state index < -0.39 is 0 Å². The van der Waals surface area contributed by atoms with Crippen molar-refractivity contribution in [2.45, 2.75) is 19.8 Å². The molecule has 1 aromatic carbocycles. The lowest BCUT2D eigenvalue weighted by Crippen LogP contribution is -2.47. The number of hydrogen-bond donors (Lipinski definition) is 0. The molecule has 8 heteroatoms. The molecule has 1 aromatic heterocycles. The highest BCUT2D eigenvalue weighted by atomic mass is 16.6. The Morgan fingerprint density at radius 3 is 2.50 bits per heavy atom. The first kappa shape index (κ1) is 20.7. The second-order valence-corrected chi connectivity index (χ2v) is 8.53. The SMILES string of the molecule is Cc1cc(N2CCC(CN3CCN(C)CC3)CC2)nc(-c2cccc([N+](=O)[O-])c2)n1. The van der Waals surface area contributed by atoms with Gasteiger partial charge in [0.2, 0.25) is 0 Å². The van der Waals surface area contributed by atoms with Gasteiger partial charge in [0.15, 0.2) is 5.82 Å². The van der Waals surface area contributed by atoms with E-state index in [2.05, 4.69) is 26.7 Å². The highest BCUT2D eigenvalue weighted by molar-refractivity contribution is 5.61. The van der Waals surface area contributed by atoms with Crippen molar-refractivity contribution in [3.8, 4) is 11.4 Å².